The summed E-state index contributed by atoms with van der Waals surface area (Å²) in [6.45, 7) is 4.72. The largest absolute Gasteiger partial charge is 0.387 e. The van der Waals surface area contributed by atoms with Crippen LogP contribution in [0, 0.1) is 0 Å². The van der Waals surface area contributed by atoms with Gasteiger partial charge in [0.05, 0.1) is 48.5 Å². The standard InChI is InChI=1S/C25H29FN6O5/c1-25(2,36)20(26)14-31-13-15-10-18(19(11-16(15)23(31)34)30-6-8-37-9-7-30)28-22(33)17-12-27-32-5-4-29(3)24(35)21(17)32/h4-5,10-12,20,36H,6-9,13-14H2,1-3H3,(H,28,33)/t20-/m1/s1. The van der Waals surface area contributed by atoms with Gasteiger partial charge in [-0.2, -0.15) is 5.10 Å². The van der Waals surface area contributed by atoms with Crippen molar-refractivity contribution in [3.63, 3.8) is 0 Å². The minimum absolute atomic E-state index is 0.123. The lowest BCUT2D eigenvalue weighted by molar-refractivity contribution is -0.0159. The molecule has 11 nitrogen and oxygen atoms in total. The molecule has 1 atom stereocenters. The molecule has 37 heavy (non-hydrogen) atoms. The van der Waals surface area contributed by atoms with E-state index in [1.165, 1.54) is 34.0 Å². The second-order valence-corrected chi connectivity index (χ2v) is 9.95. The van der Waals surface area contributed by atoms with E-state index in [-0.39, 0.29) is 35.6 Å². The number of rotatable bonds is 6. The highest BCUT2D eigenvalue weighted by atomic mass is 19.1. The summed E-state index contributed by atoms with van der Waals surface area (Å²) in [5.74, 6) is -0.847. The van der Waals surface area contributed by atoms with Crippen LogP contribution in [0.25, 0.3) is 5.52 Å². The maximum absolute atomic E-state index is 14.6. The number of hydrogen-bond donors (Lipinski definition) is 2. The van der Waals surface area contributed by atoms with Crippen molar-refractivity contribution >= 4 is 28.7 Å². The predicted octanol–water partition coefficient (Wildman–Crippen LogP) is 1.19. The molecule has 2 aliphatic rings. The smallest absolute Gasteiger partial charge is 0.277 e. The summed E-state index contributed by atoms with van der Waals surface area (Å²) in [4.78, 5) is 42.5. The Morgan fingerprint density at radius 3 is 2.68 bits per heavy atom. The van der Waals surface area contributed by atoms with E-state index in [0.717, 1.165) is 0 Å². The number of ether oxygens (including phenoxy) is 1. The van der Waals surface area contributed by atoms with Crippen LogP contribution in [0.15, 0.2) is 35.5 Å². The molecule has 0 saturated carbocycles. The normalized spacial score (nSPS) is 16.8. The van der Waals surface area contributed by atoms with E-state index >= 15 is 0 Å². The Morgan fingerprint density at radius 1 is 1.24 bits per heavy atom. The van der Waals surface area contributed by atoms with Crippen molar-refractivity contribution in [2.75, 3.05) is 43.1 Å². The predicted molar refractivity (Wildman–Crippen MR) is 134 cm³/mol. The molecule has 196 valence electrons. The van der Waals surface area contributed by atoms with Gasteiger partial charge in [-0.05, 0) is 31.5 Å². The SMILES string of the molecule is Cn1ccn2ncc(C(=O)Nc3cc4c(cc3N3CCOCC3)C(=O)N(C[C@@H](F)C(C)(C)O)C4)c2c1=O. The molecule has 1 saturated heterocycles. The molecule has 4 heterocycles. The third-order valence-electron chi connectivity index (χ3n) is 6.84. The highest BCUT2D eigenvalue weighted by Gasteiger charge is 2.36. The van der Waals surface area contributed by atoms with Crippen LogP contribution in [0.4, 0.5) is 15.8 Å². The van der Waals surface area contributed by atoms with E-state index in [1.54, 1.807) is 31.6 Å². The van der Waals surface area contributed by atoms with Crippen molar-refractivity contribution in [1.82, 2.24) is 19.1 Å². The molecule has 0 spiro atoms. The number of benzene rings is 1. The lowest BCUT2D eigenvalue weighted by Crippen LogP contribution is -2.42. The van der Waals surface area contributed by atoms with Crippen molar-refractivity contribution in [2.45, 2.75) is 32.2 Å². The molecular weight excluding hydrogens is 483 g/mol. The lowest BCUT2D eigenvalue weighted by Gasteiger charge is -2.31. The molecule has 2 amide bonds. The third kappa shape index (κ3) is 4.58. The fraction of sp³-hybridized carbons (Fsp3) is 0.440. The zero-order valence-electron chi connectivity index (χ0n) is 20.9. The third-order valence-corrected chi connectivity index (χ3v) is 6.84. The molecule has 5 rings (SSSR count). The monoisotopic (exact) mass is 512 g/mol. The summed E-state index contributed by atoms with van der Waals surface area (Å²) in [6, 6.07) is 3.43. The van der Waals surface area contributed by atoms with E-state index in [9.17, 15) is 23.9 Å². The highest BCUT2D eigenvalue weighted by molar-refractivity contribution is 6.11. The van der Waals surface area contributed by atoms with Gasteiger partial charge in [0.15, 0.2) is 0 Å². The number of anilines is 2. The Balaban J connectivity index is 1.50. The molecule has 12 heteroatoms. The number of fused-ring (bicyclic) bond motifs is 2. The number of aryl methyl sites for hydroxylation is 1. The number of aliphatic hydroxyl groups is 1. The number of nitrogens with one attached hydrogen (secondary N) is 1. The number of aromatic nitrogens is 3. The summed E-state index contributed by atoms with van der Waals surface area (Å²) < 4.78 is 22.8. The van der Waals surface area contributed by atoms with Crippen LogP contribution in [0.3, 0.4) is 0 Å². The van der Waals surface area contributed by atoms with Crippen molar-refractivity contribution in [3.05, 3.63) is 57.8 Å². The zero-order valence-corrected chi connectivity index (χ0v) is 20.9. The summed E-state index contributed by atoms with van der Waals surface area (Å²) in [6.07, 6.45) is 2.87. The molecule has 0 radical (unpaired) electrons. The van der Waals surface area contributed by atoms with Gasteiger partial charge in [0, 0.05) is 44.6 Å². The summed E-state index contributed by atoms with van der Waals surface area (Å²) in [7, 11) is 1.59. The van der Waals surface area contributed by atoms with Gasteiger partial charge in [-0.3, -0.25) is 14.4 Å². The first-order valence-electron chi connectivity index (χ1n) is 12.0. The average Bonchev–Trinajstić information content (AvgIpc) is 3.42. The summed E-state index contributed by atoms with van der Waals surface area (Å²) in [5, 5.41) is 17.0. The van der Waals surface area contributed by atoms with Crippen molar-refractivity contribution in [1.29, 1.82) is 0 Å². The number of morpholine rings is 1. The minimum Gasteiger partial charge on any atom is -0.387 e. The maximum Gasteiger partial charge on any atom is 0.277 e. The Hall–Kier alpha value is -3.77. The van der Waals surface area contributed by atoms with Crippen LogP contribution in [0.1, 0.15) is 40.1 Å². The van der Waals surface area contributed by atoms with Crippen molar-refractivity contribution < 1.29 is 23.8 Å². The number of halogens is 1. The number of alkyl halides is 1. The van der Waals surface area contributed by atoms with Gasteiger partial charge in [-0.15, -0.1) is 0 Å². The van der Waals surface area contributed by atoms with E-state index in [0.29, 0.717) is 48.8 Å². The molecule has 1 aromatic carbocycles. The quantitative estimate of drug-likeness (QED) is 0.509. The summed E-state index contributed by atoms with van der Waals surface area (Å²) in [5.41, 5.74) is 0.486. The molecule has 0 bridgehead atoms. The first kappa shape index (κ1) is 24.9. The summed E-state index contributed by atoms with van der Waals surface area (Å²) >= 11 is 0. The Labute approximate surface area is 212 Å². The Morgan fingerprint density at radius 2 is 1.97 bits per heavy atom. The first-order chi connectivity index (χ1) is 17.5. The first-order valence-corrected chi connectivity index (χ1v) is 12.0. The Bertz CT molecular complexity index is 1440. The van der Waals surface area contributed by atoms with E-state index in [1.807, 2.05) is 4.90 Å². The molecule has 2 aromatic heterocycles. The van der Waals surface area contributed by atoms with E-state index in [4.69, 9.17) is 4.74 Å². The highest BCUT2D eigenvalue weighted by Crippen LogP contribution is 2.35. The topological polar surface area (TPSA) is 121 Å². The van der Waals surface area contributed by atoms with Gasteiger partial charge in [0.2, 0.25) is 0 Å². The maximum atomic E-state index is 14.6. The van der Waals surface area contributed by atoms with Crippen LogP contribution in [-0.4, -0.2) is 80.6 Å². The number of hydrogen-bond acceptors (Lipinski definition) is 7. The van der Waals surface area contributed by atoms with Crippen LogP contribution < -0.4 is 15.8 Å². The second-order valence-electron chi connectivity index (χ2n) is 9.95. The fourth-order valence-electron chi connectivity index (χ4n) is 4.58. The van der Waals surface area contributed by atoms with E-state index < -0.39 is 17.7 Å². The number of amides is 2. The lowest BCUT2D eigenvalue weighted by atomic mass is 10.0. The van der Waals surface area contributed by atoms with Crippen LogP contribution >= 0.6 is 0 Å². The molecule has 1 fully saturated rings. The fourth-order valence-corrected chi connectivity index (χ4v) is 4.58. The van der Waals surface area contributed by atoms with Gasteiger partial charge >= 0.3 is 0 Å². The Kier molecular flexibility index (Phi) is 6.24. The zero-order chi connectivity index (χ0) is 26.5. The van der Waals surface area contributed by atoms with E-state index in [2.05, 4.69) is 10.4 Å². The average molecular weight is 513 g/mol. The molecular formula is C25H29FN6O5. The van der Waals surface area contributed by atoms with Crippen LogP contribution in [-0.2, 0) is 18.3 Å². The number of carbonyl (C=O) groups is 2. The van der Waals surface area contributed by atoms with Crippen LogP contribution in [0.5, 0.6) is 0 Å². The van der Waals surface area contributed by atoms with Crippen LogP contribution in [0.2, 0.25) is 0 Å². The van der Waals surface area contributed by atoms with Gasteiger partial charge in [0.25, 0.3) is 17.4 Å². The number of nitrogens with zero attached hydrogens (tertiary/aromatic N) is 5. The second kappa shape index (κ2) is 9.27. The van der Waals surface area contributed by atoms with Crippen molar-refractivity contribution in [3.8, 4) is 0 Å². The molecule has 2 aliphatic heterocycles. The minimum atomic E-state index is -1.62. The van der Waals surface area contributed by atoms with Gasteiger partial charge in [-0.1, -0.05) is 0 Å². The van der Waals surface area contributed by atoms with Gasteiger partial charge < -0.3 is 29.5 Å². The number of carbonyl (C=O) groups excluding carboxylic acids is 2. The molecule has 0 aliphatic carbocycles. The molecule has 0 unspecified atom stereocenters. The molecule has 3 aromatic rings. The van der Waals surface area contributed by atoms with Gasteiger partial charge in [0.1, 0.15) is 11.7 Å². The van der Waals surface area contributed by atoms with Gasteiger partial charge in [-0.25, -0.2) is 8.91 Å². The van der Waals surface area contributed by atoms with Crippen molar-refractivity contribution in [2.24, 2.45) is 7.05 Å². The molecule has 2 N–H and O–H groups in total.